The third kappa shape index (κ3) is 5.28. The van der Waals surface area contributed by atoms with Gasteiger partial charge in [0.2, 0.25) is 10.0 Å². The first kappa shape index (κ1) is 17.9. The van der Waals surface area contributed by atoms with Gasteiger partial charge in [-0.25, -0.2) is 13.1 Å². The number of benzene rings is 1. The summed E-state index contributed by atoms with van der Waals surface area (Å²) in [6.45, 7) is 4.02. The van der Waals surface area contributed by atoms with Crippen LogP contribution in [-0.4, -0.2) is 53.0 Å². The molecule has 0 aliphatic heterocycles. The summed E-state index contributed by atoms with van der Waals surface area (Å²) in [5.74, 6) is 0. The van der Waals surface area contributed by atoms with Crippen molar-refractivity contribution >= 4 is 15.7 Å². The molecule has 120 valence electrons. The van der Waals surface area contributed by atoms with Crippen molar-refractivity contribution in [3.63, 3.8) is 0 Å². The third-order valence-corrected chi connectivity index (χ3v) is 4.51. The highest BCUT2D eigenvalue weighted by atomic mass is 32.2. The van der Waals surface area contributed by atoms with Gasteiger partial charge >= 0.3 is 0 Å². The number of likely N-dealkylation sites (N-methyl/N-ethyl adjacent to an activating group) is 1. The van der Waals surface area contributed by atoms with Crippen molar-refractivity contribution in [3.05, 3.63) is 24.3 Å². The Morgan fingerprint density at radius 1 is 1.33 bits per heavy atom. The van der Waals surface area contributed by atoms with Crippen molar-refractivity contribution in [2.45, 2.75) is 30.9 Å². The Hall–Kier alpha value is -1.15. The Bertz CT molecular complexity index is 546. The lowest BCUT2D eigenvalue weighted by Gasteiger charge is -2.25. The third-order valence-electron chi connectivity index (χ3n) is 2.80. The molecule has 0 saturated heterocycles. The Kier molecular flexibility index (Phi) is 6.60. The van der Waals surface area contributed by atoms with Crippen LogP contribution < -0.4 is 9.62 Å². The molecule has 0 amide bonds. The Morgan fingerprint density at radius 3 is 2.52 bits per heavy atom. The average Bonchev–Trinajstić information content (AvgIpc) is 2.37. The van der Waals surface area contributed by atoms with Crippen LogP contribution in [0.15, 0.2) is 29.2 Å². The normalized spacial score (nSPS) is 13.4. The van der Waals surface area contributed by atoms with Gasteiger partial charge in [0.15, 0.2) is 0 Å². The molecule has 0 spiro atoms. The fourth-order valence-electron chi connectivity index (χ4n) is 2.03. The van der Waals surface area contributed by atoms with Crippen LogP contribution in [0.1, 0.15) is 13.8 Å². The van der Waals surface area contributed by atoms with Crippen LogP contribution >= 0.6 is 0 Å². The van der Waals surface area contributed by atoms with Gasteiger partial charge < -0.3 is 14.7 Å². The fraction of sp³-hybridized carbons (Fsp3) is 0.571. The standard InChI is InChI=1S/C14H24N2O4S/c1-11(2)15-21(18,19)14-8-6-5-7-13(14)16(3)9-12(17)10-20-4/h5-8,11-12,15,17H,9-10H2,1-4H3. The number of rotatable bonds is 8. The van der Waals surface area contributed by atoms with Crippen molar-refractivity contribution < 1.29 is 18.3 Å². The van der Waals surface area contributed by atoms with Crippen LogP contribution in [0.25, 0.3) is 0 Å². The van der Waals surface area contributed by atoms with E-state index in [-0.39, 0.29) is 24.1 Å². The second-order valence-electron chi connectivity index (χ2n) is 5.23. The van der Waals surface area contributed by atoms with Gasteiger partial charge in [-0.3, -0.25) is 0 Å². The molecule has 0 heterocycles. The van der Waals surface area contributed by atoms with Crippen molar-refractivity contribution in [1.82, 2.24) is 4.72 Å². The number of sulfonamides is 1. The smallest absolute Gasteiger partial charge is 0.242 e. The second-order valence-corrected chi connectivity index (χ2v) is 6.92. The minimum Gasteiger partial charge on any atom is -0.389 e. The zero-order valence-electron chi connectivity index (χ0n) is 12.9. The summed E-state index contributed by atoms with van der Waals surface area (Å²) in [5, 5.41) is 9.79. The highest BCUT2D eigenvalue weighted by Gasteiger charge is 2.21. The molecular formula is C14H24N2O4S. The predicted octanol–water partition coefficient (Wildman–Crippen LogP) is 0.817. The minimum absolute atomic E-state index is 0.188. The van der Waals surface area contributed by atoms with Crippen molar-refractivity contribution in [3.8, 4) is 0 Å². The van der Waals surface area contributed by atoms with Crippen LogP contribution in [-0.2, 0) is 14.8 Å². The quantitative estimate of drug-likeness (QED) is 0.742. The number of nitrogens with zero attached hydrogens (tertiary/aromatic N) is 1. The van der Waals surface area contributed by atoms with Crippen molar-refractivity contribution in [2.75, 3.05) is 32.2 Å². The molecular weight excluding hydrogens is 292 g/mol. The molecule has 0 fully saturated rings. The molecule has 6 nitrogen and oxygen atoms in total. The molecule has 0 radical (unpaired) electrons. The first-order valence-corrected chi connectivity index (χ1v) is 8.25. The first-order valence-electron chi connectivity index (χ1n) is 6.77. The molecule has 1 atom stereocenters. The van der Waals surface area contributed by atoms with E-state index in [1.54, 1.807) is 50.1 Å². The lowest BCUT2D eigenvalue weighted by Crippen LogP contribution is -2.35. The van der Waals surface area contributed by atoms with Gasteiger partial charge in [0.05, 0.1) is 18.4 Å². The molecule has 1 rings (SSSR count). The van der Waals surface area contributed by atoms with Crippen molar-refractivity contribution in [1.29, 1.82) is 0 Å². The van der Waals surface area contributed by atoms with Crippen LogP contribution in [0, 0.1) is 0 Å². The molecule has 1 aromatic rings. The predicted molar refractivity (Wildman–Crippen MR) is 83.1 cm³/mol. The monoisotopic (exact) mass is 316 g/mol. The van der Waals surface area contributed by atoms with E-state index in [0.29, 0.717) is 5.69 Å². The summed E-state index contributed by atoms with van der Waals surface area (Å²) in [5.41, 5.74) is 0.542. The van der Waals surface area contributed by atoms with Crippen LogP contribution in [0.5, 0.6) is 0 Å². The van der Waals surface area contributed by atoms with E-state index in [2.05, 4.69) is 4.72 Å². The molecule has 0 saturated carbocycles. The summed E-state index contributed by atoms with van der Waals surface area (Å²) < 4.78 is 32.2. The summed E-state index contributed by atoms with van der Waals surface area (Å²) in [6, 6.07) is 6.53. The van der Waals surface area contributed by atoms with Gasteiger partial charge in [-0.15, -0.1) is 0 Å². The number of hydrogen-bond donors (Lipinski definition) is 2. The molecule has 0 aromatic heterocycles. The number of methoxy groups -OCH3 is 1. The molecule has 1 aromatic carbocycles. The maximum atomic E-state index is 12.4. The number of nitrogens with one attached hydrogen (secondary N) is 1. The zero-order valence-corrected chi connectivity index (χ0v) is 13.7. The maximum absolute atomic E-state index is 12.4. The fourth-order valence-corrected chi connectivity index (χ4v) is 3.54. The number of aliphatic hydroxyl groups excluding tert-OH is 1. The molecule has 1 unspecified atom stereocenters. The lowest BCUT2D eigenvalue weighted by molar-refractivity contribution is 0.0694. The number of aliphatic hydroxyl groups is 1. The molecule has 0 aliphatic rings. The second kappa shape index (κ2) is 7.74. The summed E-state index contributed by atoms with van der Waals surface area (Å²) in [4.78, 5) is 1.91. The van der Waals surface area contributed by atoms with E-state index in [1.165, 1.54) is 7.11 Å². The topological polar surface area (TPSA) is 78.9 Å². The summed E-state index contributed by atoms with van der Waals surface area (Å²) in [7, 11) is -0.341. The SMILES string of the molecule is COCC(O)CN(C)c1ccccc1S(=O)(=O)NC(C)C. The molecule has 7 heteroatoms. The van der Waals surface area contributed by atoms with E-state index in [0.717, 1.165) is 0 Å². The maximum Gasteiger partial charge on any atom is 0.242 e. The van der Waals surface area contributed by atoms with Crippen LogP contribution in [0.2, 0.25) is 0 Å². The van der Waals surface area contributed by atoms with E-state index < -0.39 is 16.1 Å². The number of ether oxygens (including phenoxy) is 1. The summed E-state index contributed by atoms with van der Waals surface area (Å²) >= 11 is 0. The lowest BCUT2D eigenvalue weighted by atomic mass is 10.2. The Balaban J connectivity index is 3.04. The largest absolute Gasteiger partial charge is 0.389 e. The Labute approximate surface area is 126 Å². The average molecular weight is 316 g/mol. The highest BCUT2D eigenvalue weighted by Crippen LogP contribution is 2.24. The van der Waals surface area contributed by atoms with Gasteiger partial charge in [-0.05, 0) is 26.0 Å². The Morgan fingerprint density at radius 2 is 1.95 bits per heavy atom. The molecule has 0 aliphatic carbocycles. The minimum atomic E-state index is -3.59. The van der Waals surface area contributed by atoms with Crippen molar-refractivity contribution in [2.24, 2.45) is 0 Å². The first-order chi connectivity index (χ1) is 9.77. The highest BCUT2D eigenvalue weighted by molar-refractivity contribution is 7.89. The number of hydrogen-bond acceptors (Lipinski definition) is 5. The number of anilines is 1. The molecule has 2 N–H and O–H groups in total. The van der Waals surface area contributed by atoms with Gasteiger partial charge in [-0.2, -0.15) is 0 Å². The molecule has 0 bridgehead atoms. The van der Waals surface area contributed by atoms with E-state index >= 15 is 0 Å². The summed E-state index contributed by atoms with van der Waals surface area (Å²) in [6.07, 6.45) is -0.686. The number of para-hydroxylation sites is 1. The van der Waals surface area contributed by atoms with Gasteiger partial charge in [0.1, 0.15) is 4.90 Å². The van der Waals surface area contributed by atoms with E-state index in [1.807, 2.05) is 0 Å². The van der Waals surface area contributed by atoms with Crippen LogP contribution in [0.4, 0.5) is 5.69 Å². The van der Waals surface area contributed by atoms with Gasteiger partial charge in [-0.1, -0.05) is 12.1 Å². The zero-order chi connectivity index (χ0) is 16.0. The van der Waals surface area contributed by atoms with Crippen LogP contribution in [0.3, 0.4) is 0 Å². The van der Waals surface area contributed by atoms with Gasteiger partial charge in [0.25, 0.3) is 0 Å². The van der Waals surface area contributed by atoms with Gasteiger partial charge in [0, 0.05) is 26.7 Å². The van der Waals surface area contributed by atoms with E-state index in [9.17, 15) is 13.5 Å². The molecule has 21 heavy (non-hydrogen) atoms. The van der Waals surface area contributed by atoms with E-state index in [4.69, 9.17) is 4.74 Å².